The van der Waals surface area contributed by atoms with Crippen molar-refractivity contribution in [3.63, 3.8) is 0 Å². The lowest BCUT2D eigenvalue weighted by atomic mass is 10.1. The van der Waals surface area contributed by atoms with Crippen LogP contribution < -0.4 is 5.69 Å². The lowest BCUT2D eigenvalue weighted by Crippen LogP contribution is -2.00. The van der Waals surface area contributed by atoms with Gasteiger partial charge in [-0.3, -0.25) is 4.98 Å². The zero-order valence-corrected chi connectivity index (χ0v) is 9.68. The number of aryl methyl sites for hydroxylation is 1. The molecule has 6 heteroatoms. The highest BCUT2D eigenvalue weighted by Gasteiger charge is 2.24. The van der Waals surface area contributed by atoms with Crippen LogP contribution in [0.4, 0.5) is 4.39 Å². The molecule has 4 nitrogen and oxygen atoms in total. The molecule has 0 radical (unpaired) electrons. The highest BCUT2D eigenvalue weighted by Crippen LogP contribution is 2.43. The van der Waals surface area contributed by atoms with Crippen molar-refractivity contribution >= 4 is 11.8 Å². The SMILES string of the molecule is O=c1[nH]nc(SC2CCc3ccc(F)cc32)[nH]1. The molecule has 88 valence electrons. The normalized spacial score (nSPS) is 18.3. The molecule has 0 aliphatic heterocycles. The molecular weight excluding hydrogens is 241 g/mol. The molecule has 0 spiro atoms. The van der Waals surface area contributed by atoms with Crippen LogP contribution in [0.25, 0.3) is 0 Å². The molecule has 17 heavy (non-hydrogen) atoms. The summed E-state index contributed by atoms with van der Waals surface area (Å²) < 4.78 is 13.2. The maximum atomic E-state index is 13.2. The van der Waals surface area contributed by atoms with Crippen LogP contribution >= 0.6 is 11.8 Å². The van der Waals surface area contributed by atoms with Gasteiger partial charge in [-0.05, 0) is 36.1 Å². The maximum Gasteiger partial charge on any atom is 0.341 e. The number of benzene rings is 1. The molecule has 0 amide bonds. The Kier molecular flexibility index (Phi) is 2.51. The monoisotopic (exact) mass is 251 g/mol. The Morgan fingerprint density at radius 2 is 2.35 bits per heavy atom. The number of nitrogens with zero attached hydrogens (tertiary/aromatic N) is 1. The number of aromatic nitrogens is 3. The molecule has 2 aromatic rings. The molecule has 1 aliphatic carbocycles. The molecule has 0 saturated carbocycles. The van der Waals surface area contributed by atoms with Crippen LogP contribution in [0.5, 0.6) is 0 Å². The van der Waals surface area contributed by atoms with Crippen LogP contribution in [0, 0.1) is 5.82 Å². The number of hydrogen-bond acceptors (Lipinski definition) is 3. The van der Waals surface area contributed by atoms with Crippen LogP contribution in [0.15, 0.2) is 28.2 Å². The molecule has 0 bridgehead atoms. The highest BCUT2D eigenvalue weighted by atomic mass is 32.2. The molecule has 0 saturated heterocycles. The predicted molar refractivity (Wildman–Crippen MR) is 62.5 cm³/mol. The molecule has 1 unspecified atom stereocenters. The number of aromatic amines is 2. The van der Waals surface area contributed by atoms with Crippen molar-refractivity contribution < 1.29 is 4.39 Å². The summed E-state index contributed by atoms with van der Waals surface area (Å²) in [6, 6.07) is 4.89. The number of rotatable bonds is 2. The average Bonchev–Trinajstić information content (AvgIpc) is 2.87. The summed E-state index contributed by atoms with van der Waals surface area (Å²) in [5.74, 6) is -0.216. The van der Waals surface area contributed by atoms with Gasteiger partial charge in [-0.1, -0.05) is 17.8 Å². The first-order chi connectivity index (χ1) is 8.22. The van der Waals surface area contributed by atoms with Gasteiger partial charge in [0, 0.05) is 5.25 Å². The van der Waals surface area contributed by atoms with E-state index in [1.54, 1.807) is 6.07 Å². The van der Waals surface area contributed by atoms with Gasteiger partial charge < -0.3 is 0 Å². The first kappa shape index (κ1) is 10.6. The summed E-state index contributed by atoms with van der Waals surface area (Å²) in [7, 11) is 0. The van der Waals surface area contributed by atoms with Gasteiger partial charge in [0.05, 0.1) is 0 Å². The van der Waals surface area contributed by atoms with Crippen molar-refractivity contribution in [3.05, 3.63) is 45.6 Å². The van der Waals surface area contributed by atoms with E-state index >= 15 is 0 Å². The second kappa shape index (κ2) is 4.03. The topological polar surface area (TPSA) is 61.5 Å². The predicted octanol–water partition coefficient (Wildman–Crippen LogP) is 2.02. The Bertz CT molecular complexity index is 607. The third-order valence-corrected chi connectivity index (χ3v) is 4.05. The first-order valence-corrected chi connectivity index (χ1v) is 6.20. The number of H-pyrrole nitrogens is 2. The Hall–Kier alpha value is -1.56. The molecule has 1 aliphatic rings. The molecule has 0 fully saturated rings. The number of halogens is 1. The lowest BCUT2D eigenvalue weighted by Gasteiger charge is -2.08. The van der Waals surface area contributed by atoms with Crippen molar-refractivity contribution in [1.82, 2.24) is 15.2 Å². The van der Waals surface area contributed by atoms with Gasteiger partial charge in [0.1, 0.15) is 5.82 Å². The van der Waals surface area contributed by atoms with E-state index in [0.29, 0.717) is 5.16 Å². The van der Waals surface area contributed by atoms with Crippen molar-refractivity contribution in [3.8, 4) is 0 Å². The smallest absolute Gasteiger partial charge is 0.284 e. The highest BCUT2D eigenvalue weighted by molar-refractivity contribution is 7.99. The van der Waals surface area contributed by atoms with Gasteiger partial charge in [0.25, 0.3) is 0 Å². The fourth-order valence-corrected chi connectivity index (χ4v) is 3.20. The zero-order chi connectivity index (χ0) is 11.8. The molecule has 1 atom stereocenters. The van der Waals surface area contributed by atoms with Gasteiger partial charge >= 0.3 is 5.69 Å². The summed E-state index contributed by atoms with van der Waals surface area (Å²) in [4.78, 5) is 13.5. The number of thioether (sulfide) groups is 1. The molecule has 1 heterocycles. The van der Waals surface area contributed by atoms with E-state index in [9.17, 15) is 9.18 Å². The lowest BCUT2D eigenvalue weighted by molar-refractivity contribution is 0.625. The fraction of sp³-hybridized carbons (Fsp3) is 0.273. The summed E-state index contributed by atoms with van der Waals surface area (Å²) in [5.41, 5.74) is 1.88. The summed E-state index contributed by atoms with van der Waals surface area (Å²) in [6.07, 6.45) is 1.89. The third-order valence-electron chi connectivity index (χ3n) is 2.86. The van der Waals surface area contributed by atoms with Gasteiger partial charge in [0.15, 0.2) is 5.16 Å². The summed E-state index contributed by atoms with van der Waals surface area (Å²) in [6.45, 7) is 0. The van der Waals surface area contributed by atoms with Gasteiger partial charge in [-0.2, -0.15) is 0 Å². The summed E-state index contributed by atoms with van der Waals surface area (Å²) in [5, 5.41) is 6.89. The van der Waals surface area contributed by atoms with Gasteiger partial charge in [-0.15, -0.1) is 5.10 Å². The maximum absolute atomic E-state index is 13.2. The van der Waals surface area contributed by atoms with Gasteiger partial charge in [0.2, 0.25) is 0 Å². The number of nitrogens with one attached hydrogen (secondary N) is 2. The van der Waals surface area contributed by atoms with E-state index in [-0.39, 0.29) is 16.8 Å². The fourth-order valence-electron chi connectivity index (χ4n) is 2.10. The van der Waals surface area contributed by atoms with Crippen molar-refractivity contribution in [2.75, 3.05) is 0 Å². The third kappa shape index (κ3) is 2.00. The summed E-state index contributed by atoms with van der Waals surface area (Å²) >= 11 is 1.46. The first-order valence-electron chi connectivity index (χ1n) is 5.32. The van der Waals surface area contributed by atoms with E-state index in [4.69, 9.17) is 0 Å². The van der Waals surface area contributed by atoms with Crippen LogP contribution in [-0.4, -0.2) is 15.2 Å². The van der Waals surface area contributed by atoms with E-state index in [1.165, 1.54) is 23.4 Å². The van der Waals surface area contributed by atoms with Crippen LogP contribution in [0.2, 0.25) is 0 Å². The Balaban J connectivity index is 1.88. The molecule has 3 rings (SSSR count). The quantitative estimate of drug-likeness (QED) is 0.858. The Labute approximate surface area is 101 Å². The van der Waals surface area contributed by atoms with Crippen molar-refractivity contribution in [2.45, 2.75) is 23.2 Å². The van der Waals surface area contributed by atoms with E-state index in [0.717, 1.165) is 18.4 Å². The second-order valence-electron chi connectivity index (χ2n) is 3.97. The van der Waals surface area contributed by atoms with Crippen molar-refractivity contribution in [1.29, 1.82) is 0 Å². The van der Waals surface area contributed by atoms with E-state index in [1.807, 2.05) is 6.07 Å². The molecule has 1 aromatic heterocycles. The minimum Gasteiger partial charge on any atom is -0.284 e. The number of fused-ring (bicyclic) bond motifs is 1. The molecular formula is C11H10FN3OS. The second-order valence-corrected chi connectivity index (χ2v) is 5.16. The standard InChI is InChI=1S/C11H10FN3OS/c12-7-3-1-6-2-4-9(8(6)5-7)17-11-13-10(16)14-15-11/h1,3,5,9H,2,4H2,(H2,13,14,15,16). The van der Waals surface area contributed by atoms with Crippen LogP contribution in [0.1, 0.15) is 22.8 Å². The molecule has 2 N–H and O–H groups in total. The van der Waals surface area contributed by atoms with Crippen LogP contribution in [0.3, 0.4) is 0 Å². The number of hydrogen-bond donors (Lipinski definition) is 2. The van der Waals surface area contributed by atoms with Gasteiger partial charge in [-0.25, -0.2) is 14.3 Å². The zero-order valence-electron chi connectivity index (χ0n) is 8.87. The van der Waals surface area contributed by atoms with Crippen molar-refractivity contribution in [2.24, 2.45) is 0 Å². The molecule has 1 aromatic carbocycles. The van der Waals surface area contributed by atoms with Crippen LogP contribution in [-0.2, 0) is 6.42 Å². The largest absolute Gasteiger partial charge is 0.341 e. The Morgan fingerprint density at radius 3 is 3.12 bits per heavy atom. The Morgan fingerprint density at radius 1 is 1.47 bits per heavy atom. The average molecular weight is 251 g/mol. The minimum absolute atomic E-state index is 0.166. The van der Waals surface area contributed by atoms with E-state index < -0.39 is 0 Å². The van der Waals surface area contributed by atoms with E-state index in [2.05, 4.69) is 15.2 Å². The minimum atomic E-state index is -0.315.